The molecule has 0 saturated carbocycles. The maximum absolute atomic E-state index is 13.0. The number of phosphoric acid groups is 1. The number of carboxylic acids is 3. The topological polar surface area (TPSA) is 196 Å². The molecular weight excluding hydrogens is 685 g/mol. The first-order valence-electron chi connectivity index (χ1n) is 16.9. The van der Waals surface area contributed by atoms with E-state index in [1.54, 1.807) is 14.2 Å². The van der Waals surface area contributed by atoms with Crippen LogP contribution in [0, 0.1) is 0 Å². The Kier molecular flexibility index (Phi) is 18.6. The quantitative estimate of drug-likeness (QED) is 0.0761. The molecule has 0 amide bonds. The van der Waals surface area contributed by atoms with Crippen LogP contribution in [0.1, 0.15) is 51.2 Å². The molecule has 51 heavy (non-hydrogen) atoms. The van der Waals surface area contributed by atoms with Gasteiger partial charge in [-0.3, -0.25) is 38.1 Å². The number of hydrogen-bond acceptors (Lipinski definition) is 11. The molecule has 0 fully saturated rings. The highest BCUT2D eigenvalue weighted by molar-refractivity contribution is 7.47. The van der Waals surface area contributed by atoms with Crippen LogP contribution in [0.5, 0.6) is 11.5 Å². The summed E-state index contributed by atoms with van der Waals surface area (Å²) in [6.07, 6.45) is 1.86. The number of hydrogen-bond donors (Lipinski definition) is 4. The summed E-state index contributed by atoms with van der Waals surface area (Å²) in [5, 5.41) is 27.8. The van der Waals surface area contributed by atoms with Gasteiger partial charge in [-0.15, -0.1) is 0 Å². The fraction of sp³-hybridized carbons (Fsp3) is 0.571. The lowest BCUT2D eigenvalue weighted by Gasteiger charge is -2.34. The molecule has 2 atom stereocenters. The Hall–Kier alpha value is -3.56. The molecule has 286 valence electrons. The minimum absolute atomic E-state index is 0.0186. The largest absolute Gasteiger partial charge is 0.497 e. The highest BCUT2D eigenvalue weighted by atomic mass is 31.2. The minimum atomic E-state index is -4.48. The van der Waals surface area contributed by atoms with Crippen LogP contribution in [0.4, 0.5) is 0 Å². The van der Waals surface area contributed by atoms with Gasteiger partial charge in [0.2, 0.25) is 0 Å². The molecule has 2 aromatic carbocycles. The van der Waals surface area contributed by atoms with E-state index in [-0.39, 0.29) is 38.3 Å². The van der Waals surface area contributed by atoms with Crippen molar-refractivity contribution >= 4 is 25.7 Å². The zero-order valence-electron chi connectivity index (χ0n) is 30.2. The zero-order chi connectivity index (χ0) is 38.0. The van der Waals surface area contributed by atoms with Gasteiger partial charge < -0.3 is 29.7 Å². The number of likely N-dealkylation sites (N-methyl/N-ethyl adjacent to an activating group) is 1. The molecule has 0 aliphatic heterocycles. The van der Waals surface area contributed by atoms with Gasteiger partial charge in [0, 0.05) is 31.1 Å². The van der Waals surface area contributed by atoms with Gasteiger partial charge in [-0.1, -0.05) is 45.0 Å². The summed E-state index contributed by atoms with van der Waals surface area (Å²) in [4.78, 5) is 49.3. The summed E-state index contributed by atoms with van der Waals surface area (Å²) in [5.74, 6) is -2.06. The van der Waals surface area contributed by atoms with Crippen LogP contribution in [-0.2, 0) is 33.4 Å². The summed E-state index contributed by atoms with van der Waals surface area (Å²) in [5.41, 5.74) is 1.79. The third kappa shape index (κ3) is 15.3. The van der Waals surface area contributed by atoms with E-state index >= 15 is 0 Å². The second-order valence-corrected chi connectivity index (χ2v) is 13.8. The Morgan fingerprint density at radius 1 is 0.745 bits per heavy atom. The van der Waals surface area contributed by atoms with Crippen LogP contribution in [-0.4, -0.2) is 139 Å². The van der Waals surface area contributed by atoms with Crippen LogP contribution in [0.2, 0.25) is 0 Å². The molecule has 0 aliphatic carbocycles. The van der Waals surface area contributed by atoms with E-state index in [0.29, 0.717) is 32.4 Å². The Morgan fingerprint density at radius 2 is 1.20 bits per heavy atom. The van der Waals surface area contributed by atoms with Crippen LogP contribution in [0.3, 0.4) is 0 Å². The zero-order valence-corrected chi connectivity index (χ0v) is 31.1. The Morgan fingerprint density at radius 3 is 1.63 bits per heavy atom. The fourth-order valence-electron chi connectivity index (χ4n) is 5.97. The van der Waals surface area contributed by atoms with E-state index in [9.17, 15) is 28.9 Å². The molecule has 2 unspecified atom stereocenters. The van der Waals surface area contributed by atoms with Crippen molar-refractivity contribution in [3.63, 3.8) is 0 Å². The van der Waals surface area contributed by atoms with Gasteiger partial charge in [0.1, 0.15) is 11.5 Å². The predicted octanol–water partition coefficient (Wildman–Crippen LogP) is 3.88. The fourth-order valence-corrected chi connectivity index (χ4v) is 6.76. The van der Waals surface area contributed by atoms with E-state index in [1.807, 2.05) is 67.3 Å². The average Bonchev–Trinajstić information content (AvgIpc) is 3.08. The molecule has 2 aromatic rings. The lowest BCUT2D eigenvalue weighted by atomic mass is 9.73. The van der Waals surface area contributed by atoms with E-state index in [2.05, 4.69) is 6.92 Å². The molecule has 2 rings (SSSR count). The molecule has 0 aromatic heterocycles. The summed E-state index contributed by atoms with van der Waals surface area (Å²) in [6.45, 7) is 5.38. The van der Waals surface area contributed by atoms with Crippen molar-refractivity contribution in [1.29, 1.82) is 0 Å². The van der Waals surface area contributed by atoms with Gasteiger partial charge in [-0.2, -0.15) is 0 Å². The van der Waals surface area contributed by atoms with Crippen molar-refractivity contribution in [2.75, 3.05) is 79.8 Å². The Labute approximate surface area is 300 Å². The number of benzene rings is 2. The van der Waals surface area contributed by atoms with Crippen LogP contribution >= 0.6 is 7.82 Å². The van der Waals surface area contributed by atoms with Crippen molar-refractivity contribution in [2.45, 2.75) is 51.5 Å². The molecule has 0 saturated heterocycles. The normalized spacial score (nSPS) is 13.7. The number of phosphoric ester groups is 1. The molecule has 4 N–H and O–H groups in total. The number of ether oxygens (including phenoxy) is 2. The van der Waals surface area contributed by atoms with Crippen LogP contribution in [0.15, 0.2) is 48.5 Å². The van der Waals surface area contributed by atoms with Gasteiger partial charge in [-0.25, -0.2) is 4.57 Å². The average molecular weight is 740 g/mol. The third-order valence-corrected chi connectivity index (χ3v) is 9.80. The number of unbranched alkanes of at least 4 members (excludes halogenated alkanes) is 1. The second kappa shape index (κ2) is 21.7. The Balaban J connectivity index is 2.05. The van der Waals surface area contributed by atoms with E-state index in [4.69, 9.17) is 28.7 Å². The van der Waals surface area contributed by atoms with E-state index < -0.39 is 51.4 Å². The highest BCUT2D eigenvalue weighted by Crippen LogP contribution is 2.44. The monoisotopic (exact) mass is 739 g/mol. The number of methoxy groups -OCH3 is 2. The van der Waals surface area contributed by atoms with Crippen molar-refractivity contribution in [1.82, 2.24) is 14.7 Å². The maximum Gasteiger partial charge on any atom is 0.472 e. The molecular formula is C35H54N3O12P. The smallest absolute Gasteiger partial charge is 0.472 e. The SMILES string of the molecule is CCN(CC)C(COP(=O)(O)OCCCCC(C)(c1ccc(OC)cc1)c1ccc(OC)cc1)CN(CCN(CC(=O)O)CC(=O)O)CC(=O)O. The standard InChI is InChI=1S/C35H54N3O12P/c1-6-38(7-2)29(22-36(23-32(39)40)19-20-37(24-33(41)42)25-34(43)44)26-50-51(45,46)49-21-9-8-18-35(3,27-10-14-30(47-4)15-11-27)28-12-16-31(48-5)17-13-28/h10-17,29H,6-9,18-26H2,1-5H3,(H,39,40)(H,41,42)(H,43,44)(H,45,46). The van der Waals surface area contributed by atoms with Crippen molar-refractivity contribution in [3.05, 3.63) is 59.7 Å². The first-order valence-corrected chi connectivity index (χ1v) is 18.4. The minimum Gasteiger partial charge on any atom is -0.497 e. The molecule has 0 bridgehead atoms. The van der Waals surface area contributed by atoms with Gasteiger partial charge in [0.15, 0.2) is 0 Å². The Bertz CT molecular complexity index is 1340. The number of nitrogens with zero attached hydrogens (tertiary/aromatic N) is 3. The summed E-state index contributed by atoms with van der Waals surface area (Å²) >= 11 is 0. The van der Waals surface area contributed by atoms with Gasteiger partial charge in [0.25, 0.3) is 0 Å². The van der Waals surface area contributed by atoms with Crippen LogP contribution < -0.4 is 9.47 Å². The first-order chi connectivity index (χ1) is 24.2. The lowest BCUT2D eigenvalue weighted by molar-refractivity contribution is -0.143. The maximum atomic E-state index is 13.0. The van der Waals surface area contributed by atoms with E-state index in [0.717, 1.165) is 22.6 Å². The highest BCUT2D eigenvalue weighted by Gasteiger charge is 2.30. The number of rotatable bonds is 27. The molecule has 0 spiro atoms. The number of carboxylic acid groups (broad SMARTS) is 3. The molecule has 0 aliphatic rings. The second-order valence-electron chi connectivity index (χ2n) is 12.3. The van der Waals surface area contributed by atoms with Crippen LogP contribution in [0.25, 0.3) is 0 Å². The lowest BCUT2D eigenvalue weighted by Crippen LogP contribution is -2.49. The summed E-state index contributed by atoms with van der Waals surface area (Å²) in [7, 11) is -1.25. The number of carbonyl (C=O) groups is 3. The van der Waals surface area contributed by atoms with Crippen molar-refractivity contribution < 1.29 is 57.7 Å². The molecule has 16 heteroatoms. The number of aliphatic carboxylic acids is 3. The molecule has 0 heterocycles. The molecule has 15 nitrogen and oxygen atoms in total. The van der Waals surface area contributed by atoms with Gasteiger partial charge >= 0.3 is 25.7 Å². The summed E-state index contributed by atoms with van der Waals surface area (Å²) < 4.78 is 34.4. The third-order valence-electron chi connectivity index (χ3n) is 8.82. The summed E-state index contributed by atoms with van der Waals surface area (Å²) in [6, 6.07) is 15.3. The van der Waals surface area contributed by atoms with Gasteiger partial charge in [-0.05, 0) is 67.7 Å². The van der Waals surface area contributed by atoms with E-state index in [1.165, 1.54) is 9.80 Å². The van der Waals surface area contributed by atoms with Crippen molar-refractivity contribution in [2.24, 2.45) is 0 Å². The van der Waals surface area contributed by atoms with Crippen molar-refractivity contribution in [3.8, 4) is 11.5 Å². The van der Waals surface area contributed by atoms with Gasteiger partial charge in [0.05, 0.1) is 47.1 Å². The first kappa shape index (κ1) is 43.6. The predicted molar refractivity (Wildman–Crippen MR) is 191 cm³/mol. The molecule has 0 radical (unpaired) electrons.